The second-order valence-electron chi connectivity index (χ2n) is 1.93. The van der Waals surface area contributed by atoms with E-state index in [-0.39, 0.29) is 6.73 Å². The predicted molar refractivity (Wildman–Crippen MR) is 41.4 cm³/mol. The van der Waals surface area contributed by atoms with Crippen LogP contribution in [0, 0.1) is 12.5 Å². The number of primary amides is 1. The van der Waals surface area contributed by atoms with E-state index >= 15 is 0 Å². The zero-order chi connectivity index (χ0) is 8.69. The number of urea groups is 1. The van der Waals surface area contributed by atoms with Crippen molar-refractivity contribution >= 4 is 6.03 Å². The SMILES string of the molecule is C#CN(COCCC)C(N)=O. The number of nitrogens with zero attached hydrogens (tertiary/aromatic N) is 1. The minimum atomic E-state index is -0.663. The quantitative estimate of drug-likeness (QED) is 0.276. The molecule has 2 N–H and O–H groups in total. The van der Waals surface area contributed by atoms with Gasteiger partial charge in [-0.2, -0.15) is 0 Å². The van der Waals surface area contributed by atoms with Gasteiger partial charge in [-0.3, -0.25) is 0 Å². The van der Waals surface area contributed by atoms with Crippen molar-refractivity contribution in [2.45, 2.75) is 13.3 Å². The number of nitrogens with two attached hydrogens (primary N) is 1. The van der Waals surface area contributed by atoms with Gasteiger partial charge in [0.15, 0.2) is 0 Å². The Morgan fingerprint density at radius 1 is 1.82 bits per heavy atom. The molecule has 0 saturated carbocycles. The molecule has 0 spiro atoms. The van der Waals surface area contributed by atoms with Crippen molar-refractivity contribution in [3.05, 3.63) is 0 Å². The summed E-state index contributed by atoms with van der Waals surface area (Å²) in [7, 11) is 0. The van der Waals surface area contributed by atoms with E-state index in [4.69, 9.17) is 16.9 Å². The van der Waals surface area contributed by atoms with Gasteiger partial charge in [-0.05, 0) is 6.42 Å². The zero-order valence-electron chi connectivity index (χ0n) is 6.54. The van der Waals surface area contributed by atoms with Crippen LogP contribution in [0.2, 0.25) is 0 Å². The molecule has 0 saturated heterocycles. The van der Waals surface area contributed by atoms with Crippen molar-refractivity contribution in [3.63, 3.8) is 0 Å². The normalized spacial score (nSPS) is 8.73. The minimum Gasteiger partial charge on any atom is -0.360 e. The zero-order valence-corrected chi connectivity index (χ0v) is 6.54. The fraction of sp³-hybridized carbons (Fsp3) is 0.571. The van der Waals surface area contributed by atoms with Gasteiger partial charge in [-0.15, -0.1) is 0 Å². The van der Waals surface area contributed by atoms with Gasteiger partial charge in [0.2, 0.25) is 0 Å². The van der Waals surface area contributed by atoms with E-state index in [2.05, 4.69) is 6.04 Å². The Kier molecular flexibility index (Phi) is 4.95. The van der Waals surface area contributed by atoms with Crippen LogP contribution >= 0.6 is 0 Å². The van der Waals surface area contributed by atoms with Crippen LogP contribution in [0.4, 0.5) is 4.79 Å². The first-order chi connectivity index (χ1) is 5.22. The largest absolute Gasteiger partial charge is 0.360 e. The molecule has 0 aromatic carbocycles. The highest BCUT2D eigenvalue weighted by Gasteiger charge is 2.03. The molecule has 4 nitrogen and oxygen atoms in total. The average Bonchev–Trinajstić information content (AvgIpc) is 1.97. The molecule has 0 radical (unpaired) electrons. The molecule has 0 rings (SSSR count). The summed E-state index contributed by atoms with van der Waals surface area (Å²) in [5, 5.41) is 0. The van der Waals surface area contributed by atoms with Crippen LogP contribution < -0.4 is 5.73 Å². The molecule has 0 heterocycles. The van der Waals surface area contributed by atoms with Gasteiger partial charge in [-0.25, -0.2) is 9.69 Å². The van der Waals surface area contributed by atoms with E-state index in [9.17, 15) is 4.79 Å². The minimum absolute atomic E-state index is 0.0691. The lowest BCUT2D eigenvalue weighted by Gasteiger charge is -2.11. The standard InChI is InChI=1S/C7H12N2O2/c1-3-5-11-6-9(4-2)7(8)10/h2H,3,5-6H2,1H3,(H2,8,10). The van der Waals surface area contributed by atoms with Gasteiger partial charge in [0, 0.05) is 12.7 Å². The molecule has 0 aliphatic heterocycles. The lowest BCUT2D eigenvalue weighted by Crippen LogP contribution is -2.33. The summed E-state index contributed by atoms with van der Waals surface area (Å²) in [5.74, 6) is 0. The van der Waals surface area contributed by atoms with Crippen LogP contribution in [0.3, 0.4) is 0 Å². The Hall–Kier alpha value is -1.21. The van der Waals surface area contributed by atoms with E-state index in [1.807, 2.05) is 6.92 Å². The van der Waals surface area contributed by atoms with E-state index in [0.717, 1.165) is 11.3 Å². The van der Waals surface area contributed by atoms with Crippen molar-refractivity contribution in [1.29, 1.82) is 0 Å². The van der Waals surface area contributed by atoms with Crippen molar-refractivity contribution in [2.75, 3.05) is 13.3 Å². The molecule has 4 heteroatoms. The fourth-order valence-electron chi connectivity index (χ4n) is 0.465. The maximum Gasteiger partial charge on any atom is 0.328 e. The Balaban J connectivity index is 3.55. The van der Waals surface area contributed by atoms with Crippen LogP contribution in [-0.4, -0.2) is 24.3 Å². The van der Waals surface area contributed by atoms with E-state index in [1.165, 1.54) is 0 Å². The summed E-state index contributed by atoms with van der Waals surface area (Å²) in [6.45, 7) is 2.61. The number of carbonyl (C=O) groups excluding carboxylic acids is 1. The first-order valence-electron chi connectivity index (χ1n) is 3.33. The smallest absolute Gasteiger partial charge is 0.328 e. The predicted octanol–water partition coefficient (Wildman–Crippen LogP) is 0.342. The molecule has 0 aliphatic carbocycles. The van der Waals surface area contributed by atoms with Crippen molar-refractivity contribution < 1.29 is 9.53 Å². The van der Waals surface area contributed by atoms with Crippen LogP contribution in [0.1, 0.15) is 13.3 Å². The lowest BCUT2D eigenvalue weighted by molar-refractivity contribution is 0.0751. The summed E-state index contributed by atoms with van der Waals surface area (Å²) in [6, 6.07) is 1.43. The average molecular weight is 156 g/mol. The first-order valence-corrected chi connectivity index (χ1v) is 3.33. The van der Waals surface area contributed by atoms with E-state index in [1.54, 1.807) is 0 Å². The molecule has 0 fully saturated rings. The number of hydrogen-bond donors (Lipinski definition) is 1. The van der Waals surface area contributed by atoms with Gasteiger partial charge in [0.25, 0.3) is 0 Å². The maximum absolute atomic E-state index is 10.5. The summed E-state index contributed by atoms with van der Waals surface area (Å²) in [6.07, 6.45) is 5.84. The molecule has 0 atom stereocenters. The van der Waals surface area contributed by atoms with Crippen molar-refractivity contribution in [3.8, 4) is 12.5 Å². The molecule has 0 aliphatic rings. The van der Waals surface area contributed by atoms with Gasteiger partial charge in [-0.1, -0.05) is 13.3 Å². The third-order valence-electron chi connectivity index (χ3n) is 0.991. The second kappa shape index (κ2) is 5.57. The number of rotatable bonds is 4. The summed E-state index contributed by atoms with van der Waals surface area (Å²) < 4.78 is 4.98. The number of terminal acetylenes is 1. The van der Waals surface area contributed by atoms with Gasteiger partial charge >= 0.3 is 6.03 Å². The third-order valence-corrected chi connectivity index (χ3v) is 0.991. The van der Waals surface area contributed by atoms with E-state index < -0.39 is 6.03 Å². The number of hydrogen-bond acceptors (Lipinski definition) is 2. The van der Waals surface area contributed by atoms with Crippen molar-refractivity contribution in [1.82, 2.24) is 4.90 Å². The number of ether oxygens (including phenoxy) is 1. The Morgan fingerprint density at radius 3 is 2.82 bits per heavy atom. The maximum atomic E-state index is 10.5. The monoisotopic (exact) mass is 156 g/mol. The number of amides is 2. The van der Waals surface area contributed by atoms with Crippen LogP contribution in [0.15, 0.2) is 0 Å². The Bertz CT molecular complexity index is 162. The van der Waals surface area contributed by atoms with Crippen molar-refractivity contribution in [2.24, 2.45) is 5.73 Å². The molecule has 0 bridgehead atoms. The molecule has 0 unspecified atom stereocenters. The van der Waals surface area contributed by atoms with Crippen LogP contribution in [0.5, 0.6) is 0 Å². The van der Waals surface area contributed by atoms with Crippen LogP contribution in [-0.2, 0) is 4.74 Å². The Labute approximate surface area is 66.3 Å². The highest BCUT2D eigenvalue weighted by atomic mass is 16.5. The van der Waals surface area contributed by atoms with E-state index in [0.29, 0.717) is 6.61 Å². The molecule has 0 aromatic heterocycles. The van der Waals surface area contributed by atoms with Gasteiger partial charge < -0.3 is 10.5 Å². The Morgan fingerprint density at radius 2 is 2.45 bits per heavy atom. The number of carbonyl (C=O) groups is 1. The fourth-order valence-corrected chi connectivity index (χ4v) is 0.465. The van der Waals surface area contributed by atoms with Crippen LogP contribution in [0.25, 0.3) is 0 Å². The highest BCUT2D eigenvalue weighted by molar-refractivity contribution is 5.73. The first kappa shape index (κ1) is 9.79. The highest BCUT2D eigenvalue weighted by Crippen LogP contribution is 1.87. The third kappa shape index (κ3) is 4.23. The molecular formula is C7H12N2O2. The second-order valence-corrected chi connectivity index (χ2v) is 1.93. The molecule has 11 heavy (non-hydrogen) atoms. The summed E-state index contributed by atoms with van der Waals surface area (Å²) in [5.41, 5.74) is 4.89. The molecular weight excluding hydrogens is 144 g/mol. The topological polar surface area (TPSA) is 55.6 Å². The summed E-state index contributed by atoms with van der Waals surface area (Å²) in [4.78, 5) is 11.4. The summed E-state index contributed by atoms with van der Waals surface area (Å²) >= 11 is 0. The van der Waals surface area contributed by atoms with Gasteiger partial charge in [0.1, 0.15) is 6.73 Å². The molecule has 2 amide bonds. The molecule has 0 aromatic rings. The molecule has 62 valence electrons. The lowest BCUT2D eigenvalue weighted by atomic mass is 10.5. The van der Waals surface area contributed by atoms with Gasteiger partial charge in [0.05, 0.1) is 0 Å².